The minimum absolute atomic E-state index is 0.104. The second kappa shape index (κ2) is 7.74. The van der Waals surface area contributed by atoms with Crippen molar-refractivity contribution in [3.63, 3.8) is 0 Å². The van der Waals surface area contributed by atoms with Crippen LogP contribution in [0.15, 0.2) is 54.6 Å². The van der Waals surface area contributed by atoms with E-state index in [-0.39, 0.29) is 9.50 Å². The van der Waals surface area contributed by atoms with Crippen LogP contribution >= 0.6 is 0 Å². The van der Waals surface area contributed by atoms with Crippen LogP contribution in [0.3, 0.4) is 0 Å². The zero-order valence-electron chi connectivity index (χ0n) is 15.5. The van der Waals surface area contributed by atoms with Gasteiger partial charge in [-0.1, -0.05) is 0 Å². The predicted octanol–water partition coefficient (Wildman–Crippen LogP) is 5.98. The Morgan fingerprint density at radius 1 is 0.739 bits per heavy atom. The molecule has 0 N–H and O–H groups in total. The van der Waals surface area contributed by atoms with Gasteiger partial charge in [-0.3, -0.25) is 0 Å². The van der Waals surface area contributed by atoms with Crippen molar-refractivity contribution in [2.45, 2.75) is 62.9 Å². The molecule has 0 radical (unpaired) electrons. The zero-order chi connectivity index (χ0) is 16.9. The minimum atomic E-state index is 0.104. The van der Waals surface area contributed by atoms with Crippen molar-refractivity contribution in [1.29, 1.82) is 0 Å². The van der Waals surface area contributed by atoms with Crippen LogP contribution < -0.4 is 0 Å². The Balaban J connectivity index is 2.37. The molecule has 118 valence electrons. The van der Waals surface area contributed by atoms with Crippen LogP contribution in [0.1, 0.15) is 70.1 Å². The molecule has 0 aliphatic heterocycles. The van der Waals surface area contributed by atoms with Gasteiger partial charge in [0.15, 0.2) is 0 Å². The van der Waals surface area contributed by atoms with E-state index in [1.165, 1.54) is 42.4 Å². The summed E-state index contributed by atoms with van der Waals surface area (Å²) < 4.78 is 0.104. The van der Waals surface area contributed by atoms with Crippen molar-refractivity contribution in [2.75, 3.05) is 0 Å². The van der Waals surface area contributed by atoms with E-state index in [4.69, 9.17) is 0 Å². The van der Waals surface area contributed by atoms with Gasteiger partial charge in [-0.2, -0.15) is 0 Å². The first-order chi connectivity index (χ1) is 10.9. The van der Waals surface area contributed by atoms with E-state index < -0.39 is 0 Å². The van der Waals surface area contributed by atoms with Crippen LogP contribution in [0.5, 0.6) is 0 Å². The van der Waals surface area contributed by atoms with Crippen LogP contribution in [0.4, 0.5) is 0 Å². The van der Waals surface area contributed by atoms with Gasteiger partial charge in [-0.25, -0.2) is 0 Å². The number of benzene rings is 2. The number of unbranched alkanes of at least 4 members (excludes halogenated alkanes) is 2. The Bertz CT molecular complexity index is 592. The van der Waals surface area contributed by atoms with Crippen LogP contribution in [0, 0.1) is 0 Å². The third kappa shape index (κ3) is 4.53. The Hall–Kier alpha value is -0.963. The van der Waals surface area contributed by atoms with Gasteiger partial charge in [0.25, 0.3) is 0 Å². The summed E-state index contributed by atoms with van der Waals surface area (Å²) in [5.74, 6) is 0. The van der Waals surface area contributed by atoms with E-state index in [2.05, 4.69) is 100 Å². The molecular formula is C22H29Li. The molecule has 0 spiro atoms. The van der Waals surface area contributed by atoms with Crippen molar-refractivity contribution < 1.29 is 0 Å². The van der Waals surface area contributed by atoms with Crippen LogP contribution in [-0.2, 0) is 9.50 Å². The summed E-state index contributed by atoms with van der Waals surface area (Å²) in [6.07, 6.45) is 5.07. The van der Waals surface area contributed by atoms with Crippen molar-refractivity contribution >= 4 is 17.7 Å². The topological polar surface area (TPSA) is 0 Å². The molecule has 1 heteroatoms. The van der Waals surface area contributed by atoms with Crippen molar-refractivity contribution in [2.24, 2.45) is 0 Å². The second-order valence-electron chi connectivity index (χ2n) is 7.98. The molecule has 0 heterocycles. The first-order valence-corrected chi connectivity index (χ1v) is 9.04. The van der Waals surface area contributed by atoms with Crippen LogP contribution in [-0.4, -0.2) is 17.7 Å². The quantitative estimate of drug-likeness (QED) is 0.455. The molecule has 2 aromatic carbocycles. The summed E-state index contributed by atoms with van der Waals surface area (Å²) in [4.78, 5) is 0. The van der Waals surface area contributed by atoms with Gasteiger partial charge in [0.2, 0.25) is 0 Å². The predicted molar refractivity (Wildman–Crippen MR) is 102 cm³/mol. The summed E-state index contributed by atoms with van der Waals surface area (Å²) in [5.41, 5.74) is 4.49. The third-order valence-corrected chi connectivity index (χ3v) is 5.08. The fraction of sp³-hybridized carbons (Fsp3) is 0.455. The van der Waals surface area contributed by atoms with Gasteiger partial charge in [0, 0.05) is 0 Å². The molecule has 2 aromatic rings. The third-order valence-electron chi connectivity index (χ3n) is 5.08. The van der Waals surface area contributed by atoms with Crippen molar-refractivity contribution in [3.05, 3.63) is 71.3 Å². The average Bonchev–Trinajstić information content (AvgIpc) is 2.55. The average molecular weight is 300 g/mol. The zero-order valence-corrected chi connectivity index (χ0v) is 15.5. The van der Waals surface area contributed by atoms with E-state index in [0.29, 0.717) is 0 Å². The van der Waals surface area contributed by atoms with Crippen molar-refractivity contribution in [1.82, 2.24) is 0 Å². The molecule has 2 rings (SSSR count). The number of hydrogen-bond acceptors (Lipinski definition) is 0. The summed E-state index contributed by atoms with van der Waals surface area (Å²) in [7, 11) is 0. The first-order valence-electron chi connectivity index (χ1n) is 9.04. The summed E-state index contributed by atoms with van der Waals surface area (Å²) in [6, 6.07) is 20.3. The standard InChI is InChI=1S/C22H29.Li/c1-5-6-8-13-21(18-11-9-7-10-12-18)19-14-16-20(17-15-19)22(2,3)4;/h7,9-12,14-17H,5-6,8,13H2,1-4H3;. The second-order valence-corrected chi connectivity index (χ2v) is 7.98. The number of hydrogen-bond donors (Lipinski definition) is 0. The normalized spacial score (nSPS) is 14.5. The molecule has 1 unspecified atom stereocenters. The maximum atomic E-state index is 2.41. The van der Waals surface area contributed by atoms with Gasteiger partial charge >= 0.3 is 152 Å². The molecule has 0 saturated carbocycles. The summed E-state index contributed by atoms with van der Waals surface area (Å²) in [6.45, 7) is 9.11. The molecule has 0 bridgehead atoms. The van der Waals surface area contributed by atoms with E-state index in [0.717, 1.165) is 0 Å². The van der Waals surface area contributed by atoms with E-state index in [9.17, 15) is 0 Å². The Kier molecular flexibility index (Phi) is 6.18. The van der Waals surface area contributed by atoms with Gasteiger partial charge < -0.3 is 0 Å². The summed E-state index contributed by atoms with van der Waals surface area (Å²) in [5, 5.41) is 0. The Labute approximate surface area is 151 Å². The van der Waals surface area contributed by atoms with Crippen LogP contribution in [0.2, 0.25) is 0 Å². The Morgan fingerprint density at radius 3 is 1.78 bits per heavy atom. The molecule has 0 saturated heterocycles. The molecule has 23 heavy (non-hydrogen) atoms. The van der Waals surface area contributed by atoms with Gasteiger partial charge in [-0.05, 0) is 0 Å². The van der Waals surface area contributed by atoms with Gasteiger partial charge in [0.05, 0.1) is 0 Å². The van der Waals surface area contributed by atoms with Crippen LogP contribution in [0.25, 0.3) is 0 Å². The van der Waals surface area contributed by atoms with Gasteiger partial charge in [-0.15, -0.1) is 0 Å². The van der Waals surface area contributed by atoms with E-state index >= 15 is 0 Å². The van der Waals surface area contributed by atoms with E-state index in [1.54, 1.807) is 0 Å². The molecule has 0 nitrogen and oxygen atoms in total. The first kappa shape index (κ1) is 18.4. The molecule has 0 aromatic heterocycles. The molecule has 0 amide bonds. The molecule has 0 aliphatic rings. The maximum absolute atomic E-state index is 2.41. The monoisotopic (exact) mass is 300 g/mol. The fourth-order valence-corrected chi connectivity index (χ4v) is 3.33. The van der Waals surface area contributed by atoms with Crippen molar-refractivity contribution in [3.8, 4) is 0 Å². The molecule has 0 fully saturated rings. The summed E-state index contributed by atoms with van der Waals surface area (Å²) >= 11 is 2.41. The SMILES string of the molecule is [Li][C](CCCCC)(c1ccccc1)c1ccc(C(C)(C)C)cc1. The van der Waals surface area contributed by atoms with E-state index in [1.807, 2.05) is 0 Å². The van der Waals surface area contributed by atoms with Gasteiger partial charge in [0.1, 0.15) is 0 Å². The fourth-order valence-electron chi connectivity index (χ4n) is 3.33. The molecular weight excluding hydrogens is 271 g/mol. The molecule has 0 aliphatic carbocycles. The number of rotatable bonds is 6. The molecule has 1 atom stereocenters. The Morgan fingerprint density at radius 2 is 1.26 bits per heavy atom.